The first kappa shape index (κ1) is 21.5. The molecule has 6 nitrogen and oxygen atoms in total. The van der Waals surface area contributed by atoms with Gasteiger partial charge in [-0.3, -0.25) is 0 Å². The van der Waals surface area contributed by atoms with Crippen molar-refractivity contribution in [3.05, 3.63) is 60.2 Å². The van der Waals surface area contributed by atoms with Gasteiger partial charge >= 0.3 is 12.1 Å². The molecule has 0 saturated heterocycles. The Morgan fingerprint density at radius 2 is 1.27 bits per heavy atom. The summed E-state index contributed by atoms with van der Waals surface area (Å²) in [6, 6.07) is 10.7. The Labute approximate surface area is 174 Å². The summed E-state index contributed by atoms with van der Waals surface area (Å²) in [5, 5.41) is 10.9. The van der Waals surface area contributed by atoms with E-state index in [-0.39, 0.29) is 12.1 Å². The van der Waals surface area contributed by atoms with Crippen molar-refractivity contribution in [3.63, 3.8) is 0 Å². The molecular weight excluding hydrogens is 390 g/mol. The maximum Gasteiger partial charge on any atom is 0.319 e. The van der Waals surface area contributed by atoms with Gasteiger partial charge in [-0.05, 0) is 67.5 Å². The molecule has 0 bridgehead atoms. The average molecular weight is 416 g/mol. The molecule has 2 atom stereocenters. The van der Waals surface area contributed by atoms with Crippen LogP contribution in [0.25, 0.3) is 0 Å². The molecule has 0 radical (unpaired) electrons. The lowest BCUT2D eigenvalue weighted by molar-refractivity contribution is 0.230. The molecule has 160 valence electrons. The fraction of sp³-hybridized carbons (Fsp3) is 0.364. The smallest absolute Gasteiger partial charge is 0.319 e. The number of hydrogen-bond acceptors (Lipinski definition) is 2. The Hall–Kier alpha value is -3.16. The number of nitrogens with one attached hydrogen (secondary N) is 4. The number of urea groups is 2. The SMILES string of the molecule is O=C(NC[C@@H]1CCC[C@@H](CNC(=O)Nc2cccc(F)c2)C1)Nc1cccc(F)c1. The monoisotopic (exact) mass is 416 g/mol. The Morgan fingerprint density at radius 1 is 0.800 bits per heavy atom. The van der Waals surface area contributed by atoms with Gasteiger partial charge in [0.1, 0.15) is 11.6 Å². The number of halogens is 2. The van der Waals surface area contributed by atoms with Crippen molar-refractivity contribution in [2.45, 2.75) is 25.7 Å². The summed E-state index contributed by atoms with van der Waals surface area (Å²) >= 11 is 0. The molecule has 8 heteroatoms. The van der Waals surface area contributed by atoms with Crippen molar-refractivity contribution >= 4 is 23.4 Å². The molecule has 1 saturated carbocycles. The van der Waals surface area contributed by atoms with Crippen LogP contribution in [0.2, 0.25) is 0 Å². The summed E-state index contributed by atoms with van der Waals surface area (Å²) in [4.78, 5) is 24.0. The fourth-order valence-electron chi connectivity index (χ4n) is 3.73. The molecule has 0 heterocycles. The van der Waals surface area contributed by atoms with Crippen molar-refractivity contribution in [1.82, 2.24) is 10.6 Å². The van der Waals surface area contributed by atoms with Crippen LogP contribution in [-0.4, -0.2) is 25.2 Å². The molecule has 4 N–H and O–H groups in total. The summed E-state index contributed by atoms with van der Waals surface area (Å²) in [5.41, 5.74) is 0.810. The molecule has 30 heavy (non-hydrogen) atoms. The van der Waals surface area contributed by atoms with E-state index in [4.69, 9.17) is 0 Å². The predicted octanol–water partition coefficient (Wildman–Crippen LogP) is 4.71. The second-order valence-corrected chi connectivity index (χ2v) is 7.59. The first-order chi connectivity index (χ1) is 14.5. The van der Waals surface area contributed by atoms with E-state index >= 15 is 0 Å². The molecule has 4 amide bonds. The summed E-state index contributed by atoms with van der Waals surface area (Å²) in [5.74, 6) is -0.182. The van der Waals surface area contributed by atoms with Crippen LogP contribution in [-0.2, 0) is 0 Å². The lowest BCUT2D eigenvalue weighted by Crippen LogP contribution is -2.38. The minimum Gasteiger partial charge on any atom is -0.338 e. The van der Waals surface area contributed by atoms with Gasteiger partial charge in [-0.15, -0.1) is 0 Å². The van der Waals surface area contributed by atoms with E-state index in [0.717, 1.165) is 25.7 Å². The van der Waals surface area contributed by atoms with E-state index in [2.05, 4.69) is 21.3 Å². The van der Waals surface area contributed by atoms with E-state index in [9.17, 15) is 18.4 Å². The number of anilines is 2. The van der Waals surface area contributed by atoms with Gasteiger partial charge in [-0.25, -0.2) is 18.4 Å². The van der Waals surface area contributed by atoms with Crippen LogP contribution in [0.3, 0.4) is 0 Å². The third-order valence-electron chi connectivity index (χ3n) is 5.16. The van der Waals surface area contributed by atoms with Gasteiger partial charge in [-0.1, -0.05) is 18.6 Å². The van der Waals surface area contributed by atoms with Gasteiger partial charge < -0.3 is 21.3 Å². The van der Waals surface area contributed by atoms with Gasteiger partial charge in [0.25, 0.3) is 0 Å². The van der Waals surface area contributed by atoms with Crippen LogP contribution in [0, 0.1) is 23.5 Å². The minimum absolute atomic E-state index is 0.315. The number of benzene rings is 2. The molecule has 3 rings (SSSR count). The Balaban J connectivity index is 1.37. The second kappa shape index (κ2) is 10.6. The summed E-state index contributed by atoms with van der Waals surface area (Å²) in [6.45, 7) is 1.04. The highest BCUT2D eigenvalue weighted by molar-refractivity contribution is 5.89. The maximum absolute atomic E-state index is 13.2. The molecule has 2 aromatic carbocycles. The third kappa shape index (κ3) is 7.02. The highest BCUT2D eigenvalue weighted by atomic mass is 19.1. The molecule has 1 aliphatic carbocycles. The van der Waals surface area contributed by atoms with Crippen molar-refractivity contribution in [2.75, 3.05) is 23.7 Å². The normalized spacial score (nSPS) is 18.3. The molecule has 0 aromatic heterocycles. The van der Waals surface area contributed by atoms with Crippen LogP contribution in [0.4, 0.5) is 29.7 Å². The van der Waals surface area contributed by atoms with Crippen molar-refractivity contribution in [1.29, 1.82) is 0 Å². The van der Waals surface area contributed by atoms with Gasteiger partial charge in [0.2, 0.25) is 0 Å². The van der Waals surface area contributed by atoms with Crippen LogP contribution in [0.5, 0.6) is 0 Å². The van der Waals surface area contributed by atoms with Crippen molar-refractivity contribution in [3.8, 4) is 0 Å². The topological polar surface area (TPSA) is 82.3 Å². The van der Waals surface area contributed by atoms with E-state index in [1.807, 2.05) is 0 Å². The van der Waals surface area contributed by atoms with Gasteiger partial charge in [-0.2, -0.15) is 0 Å². The zero-order chi connectivity index (χ0) is 21.3. The lowest BCUT2D eigenvalue weighted by Gasteiger charge is -2.29. The van der Waals surface area contributed by atoms with E-state index in [0.29, 0.717) is 36.3 Å². The molecule has 1 aliphatic rings. The molecular formula is C22H26F2N4O2. The summed E-state index contributed by atoms with van der Waals surface area (Å²) in [6.07, 6.45) is 3.93. The third-order valence-corrected chi connectivity index (χ3v) is 5.16. The lowest BCUT2D eigenvalue weighted by atomic mass is 9.81. The highest BCUT2D eigenvalue weighted by Gasteiger charge is 2.23. The summed E-state index contributed by atoms with van der Waals surface area (Å²) in [7, 11) is 0. The average Bonchev–Trinajstić information content (AvgIpc) is 2.71. The van der Waals surface area contributed by atoms with Crippen LogP contribution in [0.15, 0.2) is 48.5 Å². The molecule has 0 spiro atoms. The quantitative estimate of drug-likeness (QED) is 0.550. The zero-order valence-electron chi connectivity index (χ0n) is 16.6. The highest BCUT2D eigenvalue weighted by Crippen LogP contribution is 2.28. The number of carbonyl (C=O) groups excluding carboxylic acids is 2. The minimum atomic E-state index is -0.406. The Morgan fingerprint density at radius 3 is 1.70 bits per heavy atom. The Bertz CT molecular complexity index is 808. The molecule has 0 aliphatic heterocycles. The fourth-order valence-corrected chi connectivity index (χ4v) is 3.73. The van der Waals surface area contributed by atoms with E-state index in [1.54, 1.807) is 12.1 Å². The largest absolute Gasteiger partial charge is 0.338 e. The molecule has 2 aromatic rings. The second-order valence-electron chi connectivity index (χ2n) is 7.59. The number of hydrogen-bond donors (Lipinski definition) is 4. The molecule has 1 fully saturated rings. The van der Waals surface area contributed by atoms with Crippen LogP contribution < -0.4 is 21.3 Å². The standard InChI is InChI=1S/C22H26F2N4O2/c23-17-6-2-8-19(11-17)27-21(29)25-13-15-4-1-5-16(10-15)14-26-22(30)28-20-9-3-7-18(24)12-20/h2-3,6-9,11-12,15-16H,1,4-5,10,13-14H2,(H2,25,27,29)(H2,26,28,30)/t15-,16-/m1/s1. The van der Waals surface area contributed by atoms with Crippen LogP contribution in [0.1, 0.15) is 25.7 Å². The van der Waals surface area contributed by atoms with Gasteiger partial charge in [0.15, 0.2) is 0 Å². The van der Waals surface area contributed by atoms with Gasteiger partial charge in [0.05, 0.1) is 0 Å². The van der Waals surface area contributed by atoms with E-state index in [1.165, 1.54) is 36.4 Å². The maximum atomic E-state index is 13.2. The first-order valence-corrected chi connectivity index (χ1v) is 10.1. The van der Waals surface area contributed by atoms with Crippen LogP contribution >= 0.6 is 0 Å². The number of rotatable bonds is 6. The first-order valence-electron chi connectivity index (χ1n) is 10.1. The van der Waals surface area contributed by atoms with Crippen molar-refractivity contribution in [2.24, 2.45) is 11.8 Å². The predicted molar refractivity (Wildman–Crippen MR) is 112 cm³/mol. The number of amides is 4. The van der Waals surface area contributed by atoms with E-state index < -0.39 is 11.6 Å². The zero-order valence-corrected chi connectivity index (χ0v) is 16.6. The summed E-state index contributed by atoms with van der Waals surface area (Å²) < 4.78 is 26.4. The van der Waals surface area contributed by atoms with Crippen molar-refractivity contribution < 1.29 is 18.4 Å². The molecule has 0 unspecified atom stereocenters. The Kier molecular flexibility index (Phi) is 7.59. The van der Waals surface area contributed by atoms with Gasteiger partial charge in [0, 0.05) is 24.5 Å². The number of carbonyl (C=O) groups is 2.